The molecule has 16 heavy (non-hydrogen) atoms. The van der Waals surface area contributed by atoms with Gasteiger partial charge in [0, 0.05) is 17.6 Å². The monoisotopic (exact) mass is 252 g/mol. The van der Waals surface area contributed by atoms with Gasteiger partial charge in [-0.2, -0.15) is 0 Å². The lowest BCUT2D eigenvalue weighted by Crippen LogP contribution is -2.01. The Bertz CT molecular complexity index is 430. The third-order valence-corrected chi connectivity index (χ3v) is 3.60. The van der Waals surface area contributed by atoms with Crippen LogP contribution in [0.1, 0.15) is 13.3 Å². The summed E-state index contributed by atoms with van der Waals surface area (Å²) in [6.07, 6.45) is 2.90. The molecule has 84 valence electrons. The van der Waals surface area contributed by atoms with Gasteiger partial charge in [0.15, 0.2) is 4.34 Å². The molecule has 2 aromatic heterocycles. The lowest BCUT2D eigenvalue weighted by atomic mass is 10.4. The molecule has 0 aliphatic heterocycles. The molecule has 0 saturated carbocycles. The SMILES string of the molecule is CCCNc1cc(Sc2nncs2)ccn1. The molecule has 4 nitrogen and oxygen atoms in total. The van der Waals surface area contributed by atoms with Crippen LogP contribution in [0.15, 0.2) is 33.1 Å². The highest BCUT2D eigenvalue weighted by molar-refractivity contribution is 8.01. The van der Waals surface area contributed by atoms with E-state index in [2.05, 4.69) is 27.4 Å². The number of nitrogens with one attached hydrogen (secondary N) is 1. The smallest absolute Gasteiger partial charge is 0.178 e. The van der Waals surface area contributed by atoms with Gasteiger partial charge in [-0.25, -0.2) is 4.98 Å². The lowest BCUT2D eigenvalue weighted by molar-refractivity contribution is 0.967. The van der Waals surface area contributed by atoms with E-state index in [1.54, 1.807) is 34.8 Å². The molecule has 0 spiro atoms. The lowest BCUT2D eigenvalue weighted by Gasteiger charge is -2.04. The molecule has 2 heterocycles. The Morgan fingerprint density at radius 3 is 3.19 bits per heavy atom. The van der Waals surface area contributed by atoms with Gasteiger partial charge in [-0.15, -0.1) is 10.2 Å². The van der Waals surface area contributed by atoms with Crippen molar-refractivity contribution in [2.45, 2.75) is 22.6 Å². The van der Waals surface area contributed by atoms with E-state index < -0.39 is 0 Å². The van der Waals surface area contributed by atoms with E-state index in [-0.39, 0.29) is 0 Å². The summed E-state index contributed by atoms with van der Waals surface area (Å²) in [7, 11) is 0. The summed E-state index contributed by atoms with van der Waals surface area (Å²) in [6, 6.07) is 4.00. The highest BCUT2D eigenvalue weighted by Gasteiger charge is 2.02. The van der Waals surface area contributed by atoms with Crippen LogP contribution in [0.3, 0.4) is 0 Å². The normalized spacial score (nSPS) is 10.3. The second-order valence-corrected chi connectivity index (χ2v) is 5.26. The van der Waals surface area contributed by atoms with Crippen LogP contribution in [-0.2, 0) is 0 Å². The molecular weight excluding hydrogens is 240 g/mol. The van der Waals surface area contributed by atoms with Crippen LogP contribution in [0.5, 0.6) is 0 Å². The Morgan fingerprint density at radius 2 is 2.44 bits per heavy atom. The minimum absolute atomic E-state index is 0.913. The predicted molar refractivity (Wildman–Crippen MR) is 67.0 cm³/mol. The molecule has 0 unspecified atom stereocenters. The Kier molecular flexibility index (Phi) is 4.12. The number of pyridine rings is 1. The summed E-state index contributed by atoms with van der Waals surface area (Å²) in [5.74, 6) is 0.913. The van der Waals surface area contributed by atoms with E-state index in [0.29, 0.717) is 0 Å². The van der Waals surface area contributed by atoms with E-state index in [0.717, 1.165) is 28.0 Å². The van der Waals surface area contributed by atoms with Crippen molar-refractivity contribution in [3.63, 3.8) is 0 Å². The van der Waals surface area contributed by atoms with Gasteiger partial charge >= 0.3 is 0 Å². The van der Waals surface area contributed by atoms with E-state index >= 15 is 0 Å². The number of hydrogen-bond donors (Lipinski definition) is 1. The first-order valence-electron chi connectivity index (χ1n) is 5.02. The van der Waals surface area contributed by atoms with Crippen molar-refractivity contribution in [2.24, 2.45) is 0 Å². The Hall–Kier alpha value is -1.14. The first kappa shape index (κ1) is 11.3. The van der Waals surface area contributed by atoms with Crippen LogP contribution in [0.4, 0.5) is 5.82 Å². The van der Waals surface area contributed by atoms with Crippen molar-refractivity contribution >= 4 is 28.9 Å². The first-order chi connectivity index (χ1) is 7.88. The van der Waals surface area contributed by atoms with E-state index in [1.807, 2.05) is 12.1 Å². The van der Waals surface area contributed by atoms with Crippen LogP contribution >= 0.6 is 23.1 Å². The number of anilines is 1. The average molecular weight is 252 g/mol. The molecular formula is C10H12N4S2. The summed E-state index contributed by atoms with van der Waals surface area (Å²) >= 11 is 3.15. The van der Waals surface area contributed by atoms with Gasteiger partial charge in [0.2, 0.25) is 0 Å². The van der Waals surface area contributed by atoms with Gasteiger partial charge in [-0.1, -0.05) is 30.0 Å². The van der Waals surface area contributed by atoms with Crippen LogP contribution in [0, 0.1) is 0 Å². The van der Waals surface area contributed by atoms with Gasteiger partial charge in [0.1, 0.15) is 11.3 Å². The topological polar surface area (TPSA) is 50.7 Å². The van der Waals surface area contributed by atoms with Gasteiger partial charge < -0.3 is 5.32 Å². The van der Waals surface area contributed by atoms with Gasteiger partial charge in [-0.3, -0.25) is 0 Å². The summed E-state index contributed by atoms with van der Waals surface area (Å²) in [6.45, 7) is 3.08. The van der Waals surface area contributed by atoms with Gasteiger partial charge in [0.05, 0.1) is 0 Å². The van der Waals surface area contributed by atoms with E-state index in [9.17, 15) is 0 Å². The number of rotatable bonds is 5. The second-order valence-electron chi connectivity index (χ2n) is 3.11. The fourth-order valence-corrected chi connectivity index (χ4v) is 2.61. The largest absolute Gasteiger partial charge is 0.370 e. The minimum Gasteiger partial charge on any atom is -0.370 e. The molecule has 1 N–H and O–H groups in total. The van der Waals surface area contributed by atoms with Crippen molar-refractivity contribution in [1.29, 1.82) is 0 Å². The molecule has 0 atom stereocenters. The van der Waals surface area contributed by atoms with Crippen LogP contribution in [0.25, 0.3) is 0 Å². The Morgan fingerprint density at radius 1 is 1.50 bits per heavy atom. The van der Waals surface area contributed by atoms with Crippen molar-refractivity contribution in [3.8, 4) is 0 Å². The predicted octanol–water partition coefficient (Wildman–Crippen LogP) is 2.91. The average Bonchev–Trinajstić information content (AvgIpc) is 2.80. The molecule has 0 radical (unpaired) electrons. The molecule has 0 aromatic carbocycles. The number of hydrogen-bond acceptors (Lipinski definition) is 6. The van der Waals surface area contributed by atoms with Crippen molar-refractivity contribution in [3.05, 3.63) is 23.8 Å². The number of nitrogens with zero attached hydrogens (tertiary/aromatic N) is 3. The molecule has 0 aliphatic carbocycles. The molecule has 0 aliphatic rings. The van der Waals surface area contributed by atoms with Gasteiger partial charge in [-0.05, 0) is 18.6 Å². The van der Waals surface area contributed by atoms with Crippen molar-refractivity contribution in [2.75, 3.05) is 11.9 Å². The third-order valence-electron chi connectivity index (χ3n) is 1.83. The standard InChI is InChI=1S/C10H12N4S2/c1-2-4-11-9-6-8(3-5-12-9)16-10-14-13-7-15-10/h3,5-7H,2,4H2,1H3,(H,11,12). The van der Waals surface area contributed by atoms with Gasteiger partial charge in [0.25, 0.3) is 0 Å². The second kappa shape index (κ2) is 5.81. The molecule has 0 amide bonds. The Labute approximate surface area is 103 Å². The minimum atomic E-state index is 0.913. The fraction of sp³-hybridized carbons (Fsp3) is 0.300. The van der Waals surface area contributed by atoms with E-state index in [4.69, 9.17) is 0 Å². The van der Waals surface area contributed by atoms with Crippen LogP contribution in [-0.4, -0.2) is 21.7 Å². The van der Waals surface area contributed by atoms with E-state index in [1.165, 1.54) is 0 Å². The highest BCUT2D eigenvalue weighted by Crippen LogP contribution is 2.29. The third kappa shape index (κ3) is 3.18. The quantitative estimate of drug-likeness (QED) is 0.886. The summed E-state index contributed by atoms with van der Waals surface area (Å²) in [5.41, 5.74) is 1.74. The summed E-state index contributed by atoms with van der Waals surface area (Å²) in [4.78, 5) is 5.38. The molecule has 2 rings (SSSR count). The molecule has 0 bridgehead atoms. The zero-order valence-electron chi connectivity index (χ0n) is 8.88. The number of aromatic nitrogens is 3. The highest BCUT2D eigenvalue weighted by atomic mass is 32.2. The van der Waals surface area contributed by atoms with Crippen molar-refractivity contribution < 1.29 is 0 Å². The zero-order valence-corrected chi connectivity index (χ0v) is 10.5. The van der Waals surface area contributed by atoms with Crippen LogP contribution in [0.2, 0.25) is 0 Å². The fourth-order valence-electron chi connectivity index (χ4n) is 1.13. The van der Waals surface area contributed by atoms with Crippen molar-refractivity contribution in [1.82, 2.24) is 15.2 Å². The summed E-state index contributed by atoms with van der Waals surface area (Å²) in [5, 5.41) is 11.1. The first-order valence-corrected chi connectivity index (χ1v) is 6.72. The summed E-state index contributed by atoms with van der Waals surface area (Å²) < 4.78 is 0.952. The maximum absolute atomic E-state index is 4.25. The molecule has 0 saturated heterocycles. The maximum atomic E-state index is 4.25. The molecule has 6 heteroatoms. The molecule has 0 fully saturated rings. The Balaban J connectivity index is 2.04. The zero-order chi connectivity index (χ0) is 11.2. The van der Waals surface area contributed by atoms with Crippen LogP contribution < -0.4 is 5.32 Å². The maximum Gasteiger partial charge on any atom is 0.178 e. The molecule has 2 aromatic rings.